The molecule has 1 rings (SSSR count). The number of nitrogens with one attached hydrogen (secondary N) is 2. The van der Waals surface area contributed by atoms with Crippen molar-refractivity contribution in [3.05, 3.63) is 0 Å². The Morgan fingerprint density at radius 3 is 2.81 bits per heavy atom. The first-order valence-electron chi connectivity index (χ1n) is 6.31. The van der Waals surface area contributed by atoms with Crippen LogP contribution in [-0.4, -0.2) is 37.2 Å². The predicted octanol–water partition coefficient (Wildman–Crippen LogP) is 1.06. The molecule has 2 N–H and O–H groups in total. The summed E-state index contributed by atoms with van der Waals surface area (Å²) in [6.45, 7) is 7.11. The van der Waals surface area contributed by atoms with Crippen LogP contribution >= 0.6 is 0 Å². The van der Waals surface area contributed by atoms with Crippen LogP contribution in [0.1, 0.15) is 40.0 Å². The lowest BCUT2D eigenvalue weighted by atomic mass is 9.95. The van der Waals surface area contributed by atoms with Crippen LogP contribution in [0, 0.1) is 0 Å². The van der Waals surface area contributed by atoms with Gasteiger partial charge in [0.15, 0.2) is 0 Å². The van der Waals surface area contributed by atoms with Gasteiger partial charge in [-0.05, 0) is 33.1 Å². The predicted molar refractivity (Wildman–Crippen MR) is 64.3 cm³/mol. The topological polar surface area (TPSA) is 50.4 Å². The number of hydrogen-bond donors (Lipinski definition) is 2. The third-order valence-corrected chi connectivity index (χ3v) is 3.07. The van der Waals surface area contributed by atoms with Gasteiger partial charge in [0.25, 0.3) is 0 Å². The van der Waals surface area contributed by atoms with E-state index in [1.54, 1.807) is 0 Å². The summed E-state index contributed by atoms with van der Waals surface area (Å²) in [5.74, 6) is -0.0176. The summed E-state index contributed by atoms with van der Waals surface area (Å²) in [7, 11) is 0. The van der Waals surface area contributed by atoms with Gasteiger partial charge in [-0.2, -0.15) is 0 Å². The second-order valence-electron chi connectivity index (χ2n) is 4.46. The van der Waals surface area contributed by atoms with Gasteiger partial charge < -0.3 is 15.4 Å². The van der Waals surface area contributed by atoms with Crippen molar-refractivity contribution in [1.29, 1.82) is 0 Å². The van der Waals surface area contributed by atoms with Gasteiger partial charge in [-0.25, -0.2) is 0 Å². The van der Waals surface area contributed by atoms with Gasteiger partial charge in [-0.3, -0.25) is 4.79 Å². The lowest BCUT2D eigenvalue weighted by Gasteiger charge is -2.35. The fourth-order valence-electron chi connectivity index (χ4n) is 2.18. The maximum absolute atomic E-state index is 11.3. The number of carbonyl (C=O) groups excluding carboxylic acids is 1. The van der Waals surface area contributed by atoms with Gasteiger partial charge in [0.05, 0.1) is 6.10 Å². The summed E-state index contributed by atoms with van der Waals surface area (Å²) >= 11 is 0. The zero-order chi connectivity index (χ0) is 12.0. The molecule has 4 nitrogen and oxygen atoms in total. The summed E-state index contributed by atoms with van der Waals surface area (Å²) in [6, 6.07) is 0.951. The highest BCUT2D eigenvalue weighted by molar-refractivity contribution is 5.77. The molecule has 4 heteroatoms. The van der Waals surface area contributed by atoms with Gasteiger partial charge in [0.2, 0.25) is 5.91 Å². The number of likely N-dealkylation sites (N-methyl/N-ethyl adjacent to an activating group) is 1. The molecule has 0 saturated carbocycles. The Morgan fingerprint density at radius 1 is 1.44 bits per heavy atom. The van der Waals surface area contributed by atoms with Crippen molar-refractivity contribution in [2.24, 2.45) is 0 Å². The van der Waals surface area contributed by atoms with Crippen LogP contribution in [0.2, 0.25) is 0 Å². The van der Waals surface area contributed by atoms with Crippen LogP contribution in [0.3, 0.4) is 0 Å². The monoisotopic (exact) mass is 228 g/mol. The average molecular weight is 228 g/mol. The van der Waals surface area contributed by atoms with Crippen molar-refractivity contribution in [2.75, 3.05) is 13.2 Å². The molecule has 1 fully saturated rings. The van der Waals surface area contributed by atoms with E-state index in [-0.39, 0.29) is 18.6 Å². The Balaban J connectivity index is 2.31. The third-order valence-electron chi connectivity index (χ3n) is 3.07. The fraction of sp³-hybridized carbons (Fsp3) is 0.917. The molecule has 0 radical (unpaired) electrons. The van der Waals surface area contributed by atoms with Crippen LogP contribution < -0.4 is 10.6 Å². The standard InChI is InChI=1S/C12H24N2O2/c1-4-10-11(7-6-9(3)14-10)16-8-12(15)13-5-2/h9-11,14H,4-8H2,1-3H3,(H,13,15). The Labute approximate surface area is 98.1 Å². The summed E-state index contributed by atoms with van der Waals surface area (Å²) < 4.78 is 5.67. The lowest BCUT2D eigenvalue weighted by molar-refractivity contribution is -0.129. The van der Waals surface area contributed by atoms with E-state index >= 15 is 0 Å². The van der Waals surface area contributed by atoms with Crippen molar-refractivity contribution < 1.29 is 9.53 Å². The first-order valence-corrected chi connectivity index (χ1v) is 6.31. The van der Waals surface area contributed by atoms with E-state index in [1.165, 1.54) is 0 Å². The minimum atomic E-state index is -0.0176. The molecule has 3 unspecified atom stereocenters. The van der Waals surface area contributed by atoms with Gasteiger partial charge in [0, 0.05) is 18.6 Å². The molecular formula is C12H24N2O2. The van der Waals surface area contributed by atoms with Crippen molar-refractivity contribution in [3.63, 3.8) is 0 Å². The number of piperidine rings is 1. The minimum Gasteiger partial charge on any atom is -0.367 e. The number of amides is 1. The summed E-state index contributed by atoms with van der Waals surface area (Å²) in [6.07, 6.45) is 3.40. The molecule has 0 aliphatic carbocycles. The molecule has 0 spiro atoms. The highest BCUT2D eigenvalue weighted by atomic mass is 16.5. The zero-order valence-corrected chi connectivity index (χ0v) is 10.6. The maximum Gasteiger partial charge on any atom is 0.246 e. The quantitative estimate of drug-likeness (QED) is 0.739. The summed E-state index contributed by atoms with van der Waals surface area (Å²) in [5, 5.41) is 6.26. The van der Waals surface area contributed by atoms with E-state index in [0.29, 0.717) is 18.6 Å². The first kappa shape index (κ1) is 13.5. The second kappa shape index (κ2) is 6.86. The smallest absolute Gasteiger partial charge is 0.246 e. The van der Waals surface area contributed by atoms with Gasteiger partial charge >= 0.3 is 0 Å². The maximum atomic E-state index is 11.3. The molecule has 1 aliphatic heterocycles. The van der Waals surface area contributed by atoms with E-state index in [0.717, 1.165) is 19.3 Å². The van der Waals surface area contributed by atoms with Crippen LogP contribution in [0.4, 0.5) is 0 Å². The molecule has 16 heavy (non-hydrogen) atoms. The van der Waals surface area contributed by atoms with E-state index in [9.17, 15) is 4.79 Å². The van der Waals surface area contributed by atoms with E-state index < -0.39 is 0 Å². The van der Waals surface area contributed by atoms with E-state index in [2.05, 4.69) is 24.5 Å². The Hall–Kier alpha value is -0.610. The lowest BCUT2D eigenvalue weighted by Crippen LogP contribution is -2.50. The number of ether oxygens (including phenoxy) is 1. The zero-order valence-electron chi connectivity index (χ0n) is 10.6. The first-order chi connectivity index (χ1) is 7.67. The number of carbonyl (C=O) groups is 1. The largest absolute Gasteiger partial charge is 0.367 e. The molecule has 0 aromatic rings. The van der Waals surface area contributed by atoms with Gasteiger partial charge in [-0.15, -0.1) is 0 Å². The Kier molecular flexibility index (Phi) is 5.77. The Morgan fingerprint density at radius 2 is 2.19 bits per heavy atom. The second-order valence-corrected chi connectivity index (χ2v) is 4.46. The SMILES string of the molecule is CCNC(=O)COC1CCC(C)NC1CC. The van der Waals surface area contributed by atoms with Crippen molar-refractivity contribution in [2.45, 2.75) is 58.2 Å². The highest BCUT2D eigenvalue weighted by Gasteiger charge is 2.27. The van der Waals surface area contributed by atoms with Crippen molar-refractivity contribution in [1.82, 2.24) is 10.6 Å². The molecule has 3 atom stereocenters. The molecule has 94 valence electrons. The van der Waals surface area contributed by atoms with Crippen LogP contribution in [0.15, 0.2) is 0 Å². The highest BCUT2D eigenvalue weighted by Crippen LogP contribution is 2.18. The summed E-state index contributed by atoms with van der Waals surface area (Å²) in [5.41, 5.74) is 0. The normalized spacial score (nSPS) is 30.1. The third kappa shape index (κ3) is 4.10. The van der Waals surface area contributed by atoms with Gasteiger partial charge in [0.1, 0.15) is 6.61 Å². The van der Waals surface area contributed by atoms with Crippen LogP contribution in [0.25, 0.3) is 0 Å². The number of rotatable bonds is 5. The molecule has 1 saturated heterocycles. The van der Waals surface area contributed by atoms with E-state index in [1.807, 2.05) is 6.92 Å². The van der Waals surface area contributed by atoms with Crippen molar-refractivity contribution >= 4 is 5.91 Å². The fourth-order valence-corrected chi connectivity index (χ4v) is 2.18. The Bertz CT molecular complexity index is 221. The minimum absolute atomic E-state index is 0.0176. The molecule has 1 heterocycles. The van der Waals surface area contributed by atoms with Crippen LogP contribution in [-0.2, 0) is 9.53 Å². The average Bonchev–Trinajstić information content (AvgIpc) is 2.27. The summed E-state index contributed by atoms with van der Waals surface area (Å²) in [4.78, 5) is 11.3. The number of hydrogen-bond acceptors (Lipinski definition) is 3. The van der Waals surface area contributed by atoms with Gasteiger partial charge in [-0.1, -0.05) is 6.92 Å². The van der Waals surface area contributed by atoms with Crippen LogP contribution in [0.5, 0.6) is 0 Å². The van der Waals surface area contributed by atoms with E-state index in [4.69, 9.17) is 4.74 Å². The molecule has 0 aromatic heterocycles. The molecule has 1 amide bonds. The molecule has 0 bridgehead atoms. The molecular weight excluding hydrogens is 204 g/mol. The molecule has 0 aromatic carbocycles. The molecule has 1 aliphatic rings. The van der Waals surface area contributed by atoms with Crippen molar-refractivity contribution in [3.8, 4) is 0 Å².